The maximum atomic E-state index is 13.4. The Balaban J connectivity index is 2.63. The van der Waals surface area contributed by atoms with Crippen LogP contribution < -0.4 is 5.32 Å². The largest absolute Gasteiger partial charge is 0.454 e. The molecule has 0 aliphatic carbocycles. The van der Waals surface area contributed by atoms with Crippen molar-refractivity contribution in [2.45, 2.75) is 339 Å². The van der Waals surface area contributed by atoms with Crippen molar-refractivity contribution in [3.05, 3.63) is 36.5 Å². The standard InChI is InChI=1S/C63H117NO10/c1-4-7-10-13-16-19-22-24-25-26-27-28-29-30-31-32-33-36-38-41-44-47-50-56(67)62(71)64-54(55(66)49-46-43-40-37-35-23-20-17-14-11-8-5-2)53-72-63-61(60(70)59(69)57(52-65)73-63)74-58(68)51-48-45-42-39-34-21-18-15-12-9-6-3/h16,19,24-25,46,49,54-57,59-61,63,65-67,69-70H,4-15,17-18,20-23,26-45,47-48,50-53H2,1-3H3,(H,64,71)/b19-16-,25-24-,49-46+. The molecule has 434 valence electrons. The van der Waals surface area contributed by atoms with Crippen LogP contribution in [-0.2, 0) is 23.8 Å². The van der Waals surface area contributed by atoms with Crippen LogP contribution in [0.3, 0.4) is 0 Å². The van der Waals surface area contributed by atoms with E-state index in [0.29, 0.717) is 19.3 Å². The molecule has 1 rings (SSSR count). The smallest absolute Gasteiger partial charge is 0.306 e. The molecule has 11 nitrogen and oxygen atoms in total. The van der Waals surface area contributed by atoms with Gasteiger partial charge in [0.2, 0.25) is 5.91 Å². The van der Waals surface area contributed by atoms with E-state index < -0.39 is 67.4 Å². The van der Waals surface area contributed by atoms with Crippen molar-refractivity contribution in [1.82, 2.24) is 5.32 Å². The Labute approximate surface area is 453 Å². The second kappa shape index (κ2) is 51.6. The number of ether oxygens (including phenoxy) is 3. The minimum Gasteiger partial charge on any atom is -0.454 e. The van der Waals surface area contributed by atoms with Gasteiger partial charge in [-0.1, -0.05) is 263 Å². The van der Waals surface area contributed by atoms with Gasteiger partial charge in [-0.15, -0.1) is 0 Å². The van der Waals surface area contributed by atoms with Crippen molar-refractivity contribution in [3.8, 4) is 0 Å². The van der Waals surface area contributed by atoms with E-state index in [1.807, 2.05) is 6.08 Å². The number of aliphatic hydroxyl groups excluding tert-OH is 5. The molecule has 8 unspecified atom stereocenters. The molecule has 1 aliphatic heterocycles. The molecule has 1 fully saturated rings. The molecule has 0 radical (unpaired) electrons. The summed E-state index contributed by atoms with van der Waals surface area (Å²) < 4.78 is 17.6. The summed E-state index contributed by atoms with van der Waals surface area (Å²) in [5, 5.41) is 56.9. The van der Waals surface area contributed by atoms with Gasteiger partial charge in [-0.25, -0.2) is 0 Å². The Kier molecular flexibility index (Phi) is 48.8. The molecule has 0 bridgehead atoms. The van der Waals surface area contributed by atoms with Crippen molar-refractivity contribution in [1.29, 1.82) is 0 Å². The van der Waals surface area contributed by atoms with Gasteiger partial charge >= 0.3 is 5.97 Å². The Hall–Kier alpha value is -2.12. The maximum absolute atomic E-state index is 13.4. The summed E-state index contributed by atoms with van der Waals surface area (Å²) in [4.78, 5) is 26.5. The highest BCUT2D eigenvalue weighted by molar-refractivity contribution is 5.80. The Morgan fingerprint density at radius 2 is 0.932 bits per heavy atom. The van der Waals surface area contributed by atoms with Crippen LogP contribution in [-0.4, -0.2) is 99.6 Å². The van der Waals surface area contributed by atoms with Gasteiger partial charge in [0.1, 0.15) is 24.4 Å². The Morgan fingerprint density at radius 1 is 0.527 bits per heavy atom. The number of amides is 1. The molecule has 74 heavy (non-hydrogen) atoms. The molecular formula is C63H117NO10. The SMILES string of the molecule is CCCCC/C=C\C/C=C\CCCCCCCCCCCCCCC(O)C(=O)NC(COC1OC(CO)C(O)C(O)C1OC(=O)CCCCCCCCCCCCC)C(O)/C=C/CCCCCCCCCCCC. The lowest BCUT2D eigenvalue weighted by Crippen LogP contribution is -2.61. The number of carbonyl (C=O) groups is 2. The third kappa shape index (κ3) is 39.3. The monoisotopic (exact) mass is 1050 g/mol. The normalized spacial score (nSPS) is 19.5. The Bertz CT molecular complexity index is 1340. The van der Waals surface area contributed by atoms with Gasteiger partial charge < -0.3 is 45.1 Å². The first kappa shape index (κ1) is 69.9. The minimum atomic E-state index is -1.61. The molecule has 11 heteroatoms. The number of nitrogens with one attached hydrogen (secondary N) is 1. The van der Waals surface area contributed by atoms with E-state index >= 15 is 0 Å². The van der Waals surface area contributed by atoms with Crippen LogP contribution in [0.25, 0.3) is 0 Å². The summed E-state index contributed by atoms with van der Waals surface area (Å²) >= 11 is 0. The van der Waals surface area contributed by atoms with Crippen LogP contribution >= 0.6 is 0 Å². The first-order valence-corrected chi connectivity index (χ1v) is 31.3. The molecular weight excluding hydrogens is 931 g/mol. The van der Waals surface area contributed by atoms with Gasteiger partial charge in [0, 0.05) is 6.42 Å². The first-order valence-electron chi connectivity index (χ1n) is 31.3. The predicted octanol–water partition coefficient (Wildman–Crippen LogP) is 14.7. The zero-order valence-electron chi connectivity index (χ0n) is 48.0. The summed E-state index contributed by atoms with van der Waals surface area (Å²) in [7, 11) is 0. The highest BCUT2D eigenvalue weighted by Crippen LogP contribution is 2.26. The second-order valence-electron chi connectivity index (χ2n) is 21.8. The number of hydrogen-bond acceptors (Lipinski definition) is 10. The summed E-state index contributed by atoms with van der Waals surface area (Å²) in [6, 6.07) is -1.02. The number of unbranched alkanes of at least 4 members (excludes halogenated alkanes) is 35. The van der Waals surface area contributed by atoms with Gasteiger partial charge in [0.25, 0.3) is 0 Å². The zero-order valence-corrected chi connectivity index (χ0v) is 48.0. The van der Waals surface area contributed by atoms with Crippen molar-refractivity contribution in [2.75, 3.05) is 13.2 Å². The number of rotatable bonds is 53. The van der Waals surface area contributed by atoms with Crippen LogP contribution in [0.5, 0.6) is 0 Å². The van der Waals surface area contributed by atoms with Crippen LogP contribution in [0.1, 0.15) is 290 Å². The molecule has 1 amide bonds. The van der Waals surface area contributed by atoms with Crippen LogP contribution in [0, 0.1) is 0 Å². The van der Waals surface area contributed by atoms with Crippen LogP contribution in [0.15, 0.2) is 36.5 Å². The van der Waals surface area contributed by atoms with Gasteiger partial charge in [0.05, 0.1) is 25.4 Å². The van der Waals surface area contributed by atoms with Gasteiger partial charge in [-0.3, -0.25) is 9.59 Å². The zero-order chi connectivity index (χ0) is 54.0. The Morgan fingerprint density at radius 3 is 1.41 bits per heavy atom. The summed E-state index contributed by atoms with van der Waals surface area (Å²) in [5.41, 5.74) is 0. The highest BCUT2D eigenvalue weighted by atomic mass is 16.7. The fourth-order valence-corrected chi connectivity index (χ4v) is 9.80. The molecule has 0 spiro atoms. The number of hydrogen-bond donors (Lipinski definition) is 6. The molecule has 0 aromatic rings. The predicted molar refractivity (Wildman–Crippen MR) is 306 cm³/mol. The molecule has 0 aromatic heterocycles. The summed E-state index contributed by atoms with van der Waals surface area (Å²) in [6.07, 6.45) is 50.5. The van der Waals surface area contributed by atoms with Crippen molar-refractivity contribution in [2.24, 2.45) is 0 Å². The van der Waals surface area contributed by atoms with E-state index in [-0.39, 0.29) is 13.0 Å². The number of esters is 1. The minimum absolute atomic E-state index is 0.128. The molecule has 6 N–H and O–H groups in total. The fraction of sp³-hybridized carbons (Fsp3) is 0.873. The van der Waals surface area contributed by atoms with E-state index in [2.05, 4.69) is 50.4 Å². The van der Waals surface area contributed by atoms with E-state index in [4.69, 9.17) is 14.2 Å². The molecule has 0 aromatic carbocycles. The third-order valence-electron chi connectivity index (χ3n) is 14.8. The molecule has 1 aliphatic rings. The molecule has 1 saturated heterocycles. The second-order valence-corrected chi connectivity index (χ2v) is 21.8. The topological polar surface area (TPSA) is 175 Å². The van der Waals surface area contributed by atoms with Gasteiger partial charge in [-0.05, 0) is 57.8 Å². The van der Waals surface area contributed by atoms with Gasteiger partial charge in [-0.2, -0.15) is 0 Å². The average molecular weight is 1050 g/mol. The lowest BCUT2D eigenvalue weighted by atomic mass is 9.99. The number of aliphatic hydroxyl groups is 5. The highest BCUT2D eigenvalue weighted by Gasteiger charge is 2.47. The van der Waals surface area contributed by atoms with Crippen molar-refractivity contribution < 1.29 is 49.3 Å². The third-order valence-corrected chi connectivity index (χ3v) is 14.8. The lowest BCUT2D eigenvalue weighted by molar-refractivity contribution is -0.305. The molecule has 0 saturated carbocycles. The van der Waals surface area contributed by atoms with Crippen LogP contribution in [0.4, 0.5) is 0 Å². The van der Waals surface area contributed by atoms with E-state index in [1.165, 1.54) is 180 Å². The lowest BCUT2D eigenvalue weighted by Gasteiger charge is -2.41. The number of allylic oxidation sites excluding steroid dienone is 5. The van der Waals surface area contributed by atoms with Crippen molar-refractivity contribution in [3.63, 3.8) is 0 Å². The maximum Gasteiger partial charge on any atom is 0.306 e. The van der Waals surface area contributed by atoms with Crippen molar-refractivity contribution >= 4 is 11.9 Å². The number of carbonyl (C=O) groups excluding carboxylic acids is 2. The van der Waals surface area contributed by atoms with E-state index in [1.54, 1.807) is 6.08 Å². The van der Waals surface area contributed by atoms with E-state index in [9.17, 15) is 35.1 Å². The molecule has 8 atom stereocenters. The molecule has 1 heterocycles. The summed E-state index contributed by atoms with van der Waals surface area (Å²) in [5.74, 6) is -1.19. The average Bonchev–Trinajstić information content (AvgIpc) is 3.40. The van der Waals surface area contributed by atoms with Crippen LogP contribution in [0.2, 0.25) is 0 Å². The first-order chi connectivity index (χ1) is 36.2. The summed E-state index contributed by atoms with van der Waals surface area (Å²) in [6.45, 7) is 5.76. The quantitative estimate of drug-likeness (QED) is 0.0195. The van der Waals surface area contributed by atoms with E-state index in [0.717, 1.165) is 64.2 Å². The fourth-order valence-electron chi connectivity index (χ4n) is 9.80. The van der Waals surface area contributed by atoms with Gasteiger partial charge in [0.15, 0.2) is 12.4 Å².